The predicted octanol–water partition coefficient (Wildman–Crippen LogP) is 2.53. The molecule has 2 heterocycles. The molecule has 0 bridgehead atoms. The van der Waals surface area contributed by atoms with E-state index in [2.05, 4.69) is 22.2 Å². The lowest BCUT2D eigenvalue weighted by atomic mass is 10.2. The number of hydrogen-bond donors (Lipinski definition) is 1. The molecule has 0 saturated carbocycles. The van der Waals surface area contributed by atoms with Crippen LogP contribution < -0.4 is 5.73 Å². The van der Waals surface area contributed by atoms with E-state index in [1.807, 2.05) is 54.5 Å². The van der Waals surface area contributed by atoms with E-state index in [1.54, 1.807) is 0 Å². The van der Waals surface area contributed by atoms with Crippen LogP contribution in [0.5, 0.6) is 0 Å². The summed E-state index contributed by atoms with van der Waals surface area (Å²) in [5, 5.41) is 4.27. The molecule has 0 radical (unpaired) electrons. The highest BCUT2D eigenvalue weighted by atomic mass is 15.3. The van der Waals surface area contributed by atoms with E-state index in [4.69, 9.17) is 5.73 Å². The fraction of sp³-hybridized carbons (Fsp3) is 0.250. The Kier molecular flexibility index (Phi) is 3.25. The van der Waals surface area contributed by atoms with Crippen molar-refractivity contribution < 1.29 is 0 Å². The van der Waals surface area contributed by atoms with Crippen LogP contribution in [0.1, 0.15) is 17.1 Å². The second kappa shape index (κ2) is 5.09. The summed E-state index contributed by atoms with van der Waals surface area (Å²) >= 11 is 0. The van der Waals surface area contributed by atoms with Gasteiger partial charge < -0.3 is 10.3 Å². The summed E-state index contributed by atoms with van der Waals surface area (Å²) in [4.78, 5) is 4.64. The van der Waals surface area contributed by atoms with Gasteiger partial charge in [0, 0.05) is 18.3 Å². The van der Waals surface area contributed by atoms with Crippen LogP contribution in [0.2, 0.25) is 0 Å². The lowest BCUT2D eigenvalue weighted by molar-refractivity contribution is 0.740. The van der Waals surface area contributed by atoms with Gasteiger partial charge in [-0.3, -0.25) is 4.68 Å². The number of nitrogens with zero attached hydrogens (tertiary/aromatic N) is 4. The van der Waals surface area contributed by atoms with Crippen LogP contribution >= 0.6 is 0 Å². The normalized spacial score (nSPS) is 11.0. The minimum atomic E-state index is 0.687. The maximum absolute atomic E-state index is 6.33. The Morgan fingerprint density at radius 3 is 2.48 bits per heavy atom. The van der Waals surface area contributed by atoms with Gasteiger partial charge in [0.15, 0.2) is 0 Å². The molecule has 0 unspecified atom stereocenters. The van der Waals surface area contributed by atoms with Crippen molar-refractivity contribution in [2.45, 2.75) is 20.4 Å². The lowest BCUT2D eigenvalue weighted by Gasteiger charge is -2.08. The third-order valence-electron chi connectivity index (χ3n) is 3.87. The predicted molar refractivity (Wildman–Crippen MR) is 83.9 cm³/mol. The zero-order valence-corrected chi connectivity index (χ0v) is 12.5. The van der Waals surface area contributed by atoms with Gasteiger partial charge in [-0.25, -0.2) is 4.98 Å². The molecule has 5 nitrogen and oxygen atoms in total. The van der Waals surface area contributed by atoms with E-state index >= 15 is 0 Å². The van der Waals surface area contributed by atoms with Crippen molar-refractivity contribution in [1.82, 2.24) is 19.3 Å². The number of imidazole rings is 1. The van der Waals surface area contributed by atoms with Crippen LogP contribution in [-0.2, 0) is 13.6 Å². The summed E-state index contributed by atoms with van der Waals surface area (Å²) in [6.45, 7) is 4.73. The molecule has 0 saturated heterocycles. The van der Waals surface area contributed by atoms with Gasteiger partial charge in [-0.2, -0.15) is 5.10 Å². The largest absolute Gasteiger partial charge is 0.383 e. The summed E-state index contributed by atoms with van der Waals surface area (Å²) in [6.07, 6.45) is 1.82. The Morgan fingerprint density at radius 2 is 1.86 bits per heavy atom. The fourth-order valence-electron chi connectivity index (χ4n) is 2.48. The molecule has 0 fully saturated rings. The molecule has 3 rings (SSSR count). The van der Waals surface area contributed by atoms with Crippen molar-refractivity contribution in [3.05, 3.63) is 53.6 Å². The second-order valence-electron chi connectivity index (χ2n) is 5.23. The average Bonchev–Trinajstić information content (AvgIpc) is 2.95. The van der Waals surface area contributed by atoms with Crippen molar-refractivity contribution in [2.24, 2.45) is 7.05 Å². The molecule has 2 aromatic heterocycles. The van der Waals surface area contributed by atoms with Gasteiger partial charge in [0.1, 0.15) is 17.3 Å². The van der Waals surface area contributed by atoms with E-state index in [1.165, 1.54) is 5.56 Å². The molecule has 5 heteroatoms. The van der Waals surface area contributed by atoms with E-state index in [9.17, 15) is 0 Å². The first-order chi connectivity index (χ1) is 10.1. The van der Waals surface area contributed by atoms with Crippen molar-refractivity contribution in [1.29, 1.82) is 0 Å². The van der Waals surface area contributed by atoms with Crippen LogP contribution in [-0.4, -0.2) is 19.3 Å². The van der Waals surface area contributed by atoms with E-state index in [0.29, 0.717) is 5.82 Å². The number of anilines is 1. The minimum absolute atomic E-state index is 0.687. The summed E-state index contributed by atoms with van der Waals surface area (Å²) < 4.78 is 3.87. The molecule has 0 amide bonds. The first kappa shape index (κ1) is 13.4. The molecule has 0 aliphatic rings. The highest BCUT2D eigenvalue weighted by molar-refractivity contribution is 5.72. The maximum atomic E-state index is 6.33. The molecule has 21 heavy (non-hydrogen) atoms. The van der Waals surface area contributed by atoms with Crippen molar-refractivity contribution >= 4 is 5.82 Å². The summed E-state index contributed by atoms with van der Waals surface area (Å²) in [7, 11) is 1.92. The SMILES string of the molecule is Cc1c(-c2nc(C)n(Cc3ccccc3)c2N)cnn1C. The summed E-state index contributed by atoms with van der Waals surface area (Å²) in [5.41, 5.74) is 10.4. The number of aromatic nitrogens is 4. The third kappa shape index (κ3) is 2.31. The average molecular weight is 281 g/mol. The Bertz CT molecular complexity index is 768. The van der Waals surface area contributed by atoms with Gasteiger partial charge in [-0.1, -0.05) is 30.3 Å². The number of benzene rings is 1. The molecule has 3 aromatic rings. The quantitative estimate of drug-likeness (QED) is 0.802. The molecule has 108 valence electrons. The zero-order valence-electron chi connectivity index (χ0n) is 12.5. The van der Waals surface area contributed by atoms with E-state index < -0.39 is 0 Å². The number of hydrogen-bond acceptors (Lipinski definition) is 3. The van der Waals surface area contributed by atoms with Gasteiger partial charge in [0.25, 0.3) is 0 Å². The van der Waals surface area contributed by atoms with Crippen LogP contribution in [0.25, 0.3) is 11.3 Å². The van der Waals surface area contributed by atoms with Crippen LogP contribution in [0.15, 0.2) is 36.5 Å². The molecule has 0 spiro atoms. The van der Waals surface area contributed by atoms with Crippen molar-refractivity contribution in [2.75, 3.05) is 5.73 Å². The van der Waals surface area contributed by atoms with Gasteiger partial charge in [0.2, 0.25) is 0 Å². The lowest BCUT2D eigenvalue weighted by Crippen LogP contribution is -2.06. The number of nitrogen functional groups attached to an aromatic ring is 1. The highest BCUT2D eigenvalue weighted by Gasteiger charge is 2.17. The Labute approximate surface area is 124 Å². The van der Waals surface area contributed by atoms with E-state index in [-0.39, 0.29) is 0 Å². The first-order valence-corrected chi connectivity index (χ1v) is 6.93. The van der Waals surface area contributed by atoms with Gasteiger partial charge in [-0.05, 0) is 19.4 Å². The van der Waals surface area contributed by atoms with Crippen molar-refractivity contribution in [3.8, 4) is 11.3 Å². The molecule has 0 aliphatic carbocycles. The summed E-state index contributed by atoms with van der Waals surface area (Å²) in [6, 6.07) is 10.3. The zero-order chi connectivity index (χ0) is 15.0. The fourth-order valence-corrected chi connectivity index (χ4v) is 2.48. The second-order valence-corrected chi connectivity index (χ2v) is 5.23. The van der Waals surface area contributed by atoms with Crippen LogP contribution in [0.4, 0.5) is 5.82 Å². The van der Waals surface area contributed by atoms with Gasteiger partial charge in [-0.15, -0.1) is 0 Å². The van der Waals surface area contributed by atoms with Crippen LogP contribution in [0.3, 0.4) is 0 Å². The smallest absolute Gasteiger partial charge is 0.132 e. The Balaban J connectivity index is 2.03. The minimum Gasteiger partial charge on any atom is -0.383 e. The Morgan fingerprint density at radius 1 is 1.14 bits per heavy atom. The Hall–Kier alpha value is -2.56. The molecule has 1 aromatic carbocycles. The monoisotopic (exact) mass is 281 g/mol. The molecular formula is C16H19N5. The van der Waals surface area contributed by atoms with Crippen LogP contribution in [0, 0.1) is 13.8 Å². The molecule has 0 atom stereocenters. The van der Waals surface area contributed by atoms with E-state index in [0.717, 1.165) is 29.3 Å². The first-order valence-electron chi connectivity index (χ1n) is 6.93. The third-order valence-corrected chi connectivity index (χ3v) is 3.87. The van der Waals surface area contributed by atoms with Crippen molar-refractivity contribution in [3.63, 3.8) is 0 Å². The number of nitrogens with two attached hydrogens (primary N) is 1. The van der Waals surface area contributed by atoms with Gasteiger partial charge >= 0.3 is 0 Å². The highest BCUT2D eigenvalue weighted by Crippen LogP contribution is 2.28. The summed E-state index contributed by atoms with van der Waals surface area (Å²) in [5.74, 6) is 1.60. The number of rotatable bonds is 3. The molecule has 2 N–H and O–H groups in total. The topological polar surface area (TPSA) is 61.7 Å². The standard InChI is InChI=1S/C16H19N5/c1-11-14(9-18-20(11)3)15-16(17)21(12(2)19-15)10-13-7-5-4-6-8-13/h4-9H,10,17H2,1-3H3. The molecule has 0 aliphatic heterocycles. The van der Waals surface area contributed by atoms with Gasteiger partial charge in [0.05, 0.1) is 12.7 Å². The molecular weight excluding hydrogens is 262 g/mol. The maximum Gasteiger partial charge on any atom is 0.132 e. The number of aryl methyl sites for hydroxylation is 2.